The molecule has 6 nitrogen and oxygen atoms in total. The van der Waals surface area contributed by atoms with E-state index in [1.807, 2.05) is 25.1 Å². The number of likely N-dealkylation sites (tertiary alicyclic amines) is 1. The first kappa shape index (κ1) is 15.3. The van der Waals surface area contributed by atoms with Crippen LogP contribution in [-0.4, -0.2) is 28.2 Å². The third-order valence-corrected chi connectivity index (χ3v) is 4.06. The number of hydrogen-bond acceptors (Lipinski definition) is 4. The van der Waals surface area contributed by atoms with Gasteiger partial charge in [-0.15, -0.1) is 0 Å². The lowest BCUT2D eigenvalue weighted by Gasteiger charge is -2.18. The second kappa shape index (κ2) is 6.64. The van der Waals surface area contributed by atoms with Gasteiger partial charge in [-0.2, -0.15) is 0 Å². The first-order valence-corrected chi connectivity index (χ1v) is 7.64. The Morgan fingerprint density at radius 3 is 3.04 bits per heavy atom. The fraction of sp³-hybridized carbons (Fsp3) is 0.353. The molecule has 0 spiro atoms. The monoisotopic (exact) mass is 313 g/mol. The smallest absolute Gasteiger partial charge is 0.225 e. The molecule has 0 aliphatic carbocycles. The predicted molar refractivity (Wildman–Crippen MR) is 83.0 cm³/mol. The lowest BCUT2D eigenvalue weighted by Crippen LogP contribution is -2.34. The molecule has 2 atom stereocenters. The van der Waals surface area contributed by atoms with Gasteiger partial charge in [-0.3, -0.25) is 14.6 Å². The van der Waals surface area contributed by atoms with Gasteiger partial charge in [0, 0.05) is 25.4 Å². The maximum atomic E-state index is 12.4. The summed E-state index contributed by atoms with van der Waals surface area (Å²) in [6.45, 7) is 2.74. The van der Waals surface area contributed by atoms with Gasteiger partial charge in [0.15, 0.2) is 0 Å². The van der Waals surface area contributed by atoms with Gasteiger partial charge >= 0.3 is 0 Å². The van der Waals surface area contributed by atoms with Gasteiger partial charge in [-0.05, 0) is 30.7 Å². The van der Waals surface area contributed by atoms with Crippen LogP contribution < -0.4 is 5.32 Å². The second-order valence-electron chi connectivity index (χ2n) is 5.77. The predicted octanol–water partition coefficient (Wildman–Crippen LogP) is 1.90. The lowest BCUT2D eigenvalue weighted by atomic mass is 10.1. The van der Waals surface area contributed by atoms with Crippen LogP contribution in [0.3, 0.4) is 0 Å². The molecule has 0 radical (unpaired) electrons. The minimum Gasteiger partial charge on any atom is -0.467 e. The van der Waals surface area contributed by atoms with Gasteiger partial charge in [0.25, 0.3) is 0 Å². The van der Waals surface area contributed by atoms with Crippen LogP contribution in [0.1, 0.15) is 30.7 Å². The van der Waals surface area contributed by atoms with Crippen molar-refractivity contribution in [2.75, 3.05) is 6.54 Å². The van der Waals surface area contributed by atoms with Crippen molar-refractivity contribution < 1.29 is 14.0 Å². The van der Waals surface area contributed by atoms with Gasteiger partial charge in [-0.1, -0.05) is 6.07 Å². The van der Waals surface area contributed by atoms with E-state index in [0.717, 1.165) is 11.3 Å². The number of hydrogen-bond donors (Lipinski definition) is 1. The van der Waals surface area contributed by atoms with Gasteiger partial charge in [-0.25, -0.2) is 0 Å². The average molecular weight is 313 g/mol. The molecular formula is C17H19N3O3. The molecule has 0 aromatic carbocycles. The van der Waals surface area contributed by atoms with Crippen LogP contribution in [0.2, 0.25) is 0 Å². The van der Waals surface area contributed by atoms with Gasteiger partial charge in [0.1, 0.15) is 5.76 Å². The van der Waals surface area contributed by atoms with Crippen LogP contribution in [0.25, 0.3) is 0 Å². The van der Waals surface area contributed by atoms with Crippen LogP contribution in [0.4, 0.5) is 0 Å². The SMILES string of the molecule is C[C@H](NC(=O)[C@H]1CC(=O)N(Cc2ccco2)C1)c1cccnc1. The first-order chi connectivity index (χ1) is 11.1. The van der Waals surface area contributed by atoms with Crippen LogP contribution in [0.5, 0.6) is 0 Å². The molecule has 0 saturated carbocycles. The van der Waals surface area contributed by atoms with Crippen LogP contribution in [-0.2, 0) is 16.1 Å². The Balaban J connectivity index is 1.57. The summed E-state index contributed by atoms with van der Waals surface area (Å²) < 4.78 is 5.26. The molecule has 3 heterocycles. The normalized spacial score (nSPS) is 18.9. The zero-order valence-corrected chi connectivity index (χ0v) is 12.9. The molecule has 0 unspecified atom stereocenters. The maximum absolute atomic E-state index is 12.4. The van der Waals surface area contributed by atoms with E-state index >= 15 is 0 Å². The van der Waals surface area contributed by atoms with Crippen molar-refractivity contribution in [2.24, 2.45) is 5.92 Å². The molecule has 6 heteroatoms. The number of aromatic nitrogens is 1. The molecule has 1 aliphatic heterocycles. The molecule has 1 N–H and O–H groups in total. The molecule has 0 bridgehead atoms. The van der Waals surface area contributed by atoms with E-state index in [1.165, 1.54) is 0 Å². The summed E-state index contributed by atoms with van der Waals surface area (Å²) in [7, 11) is 0. The Labute approximate surface area is 134 Å². The van der Waals surface area contributed by atoms with Crippen molar-refractivity contribution >= 4 is 11.8 Å². The third-order valence-electron chi connectivity index (χ3n) is 4.06. The second-order valence-corrected chi connectivity index (χ2v) is 5.77. The van der Waals surface area contributed by atoms with Crippen LogP contribution >= 0.6 is 0 Å². The van der Waals surface area contributed by atoms with Crippen LogP contribution in [0.15, 0.2) is 47.3 Å². The highest BCUT2D eigenvalue weighted by Gasteiger charge is 2.35. The third kappa shape index (κ3) is 3.59. The molecule has 23 heavy (non-hydrogen) atoms. The van der Waals surface area contributed by atoms with Gasteiger partial charge < -0.3 is 14.6 Å². The van der Waals surface area contributed by atoms with Gasteiger partial charge in [0.2, 0.25) is 11.8 Å². The topological polar surface area (TPSA) is 75.4 Å². The van der Waals surface area contributed by atoms with Crippen molar-refractivity contribution in [3.63, 3.8) is 0 Å². The summed E-state index contributed by atoms with van der Waals surface area (Å²) in [6, 6.07) is 7.23. The Kier molecular flexibility index (Phi) is 4.41. The number of nitrogens with one attached hydrogen (secondary N) is 1. The number of amides is 2. The van der Waals surface area contributed by atoms with Gasteiger partial charge in [0.05, 0.1) is 24.8 Å². The summed E-state index contributed by atoms with van der Waals surface area (Å²) in [5.41, 5.74) is 0.942. The number of rotatable bonds is 5. The zero-order chi connectivity index (χ0) is 16.2. The van der Waals surface area contributed by atoms with Crippen molar-refractivity contribution in [3.8, 4) is 0 Å². The quantitative estimate of drug-likeness (QED) is 0.915. The molecule has 1 saturated heterocycles. The Hall–Kier alpha value is -2.63. The van der Waals surface area contributed by atoms with Crippen LogP contribution in [0, 0.1) is 5.92 Å². The highest BCUT2D eigenvalue weighted by Crippen LogP contribution is 2.22. The largest absolute Gasteiger partial charge is 0.467 e. The fourth-order valence-corrected chi connectivity index (χ4v) is 2.74. The van der Waals surface area contributed by atoms with E-state index in [0.29, 0.717) is 13.1 Å². The van der Waals surface area contributed by atoms with E-state index < -0.39 is 0 Å². The highest BCUT2D eigenvalue weighted by atomic mass is 16.3. The fourth-order valence-electron chi connectivity index (χ4n) is 2.74. The van der Waals surface area contributed by atoms with Crippen molar-refractivity contribution in [3.05, 3.63) is 54.2 Å². The number of carbonyl (C=O) groups is 2. The molecule has 120 valence electrons. The summed E-state index contributed by atoms with van der Waals surface area (Å²) in [4.78, 5) is 30.2. The first-order valence-electron chi connectivity index (χ1n) is 7.64. The zero-order valence-electron chi connectivity index (χ0n) is 12.9. The number of furan rings is 1. The molecular weight excluding hydrogens is 294 g/mol. The minimum atomic E-state index is -0.323. The van der Waals surface area contributed by atoms with E-state index in [4.69, 9.17) is 4.42 Å². The number of nitrogens with zero attached hydrogens (tertiary/aromatic N) is 2. The van der Waals surface area contributed by atoms with Crippen molar-refractivity contribution in [1.29, 1.82) is 0 Å². The molecule has 2 amide bonds. The Morgan fingerprint density at radius 2 is 2.35 bits per heavy atom. The average Bonchev–Trinajstić information content (AvgIpc) is 3.19. The van der Waals surface area contributed by atoms with Crippen molar-refractivity contribution in [1.82, 2.24) is 15.2 Å². The standard InChI is InChI=1S/C17H19N3O3/c1-12(13-4-2-6-18-9-13)19-17(22)14-8-16(21)20(10-14)11-15-5-3-7-23-15/h2-7,9,12,14H,8,10-11H2,1H3,(H,19,22)/t12-,14-/m0/s1. The summed E-state index contributed by atoms with van der Waals surface area (Å²) in [5.74, 6) is 0.284. The molecule has 1 fully saturated rings. The summed E-state index contributed by atoms with van der Waals surface area (Å²) in [6.07, 6.45) is 5.25. The molecule has 2 aromatic rings. The van der Waals surface area contributed by atoms with Crippen molar-refractivity contribution in [2.45, 2.75) is 25.9 Å². The molecule has 1 aliphatic rings. The van der Waals surface area contributed by atoms with E-state index in [-0.39, 0.29) is 30.2 Å². The molecule has 2 aromatic heterocycles. The summed E-state index contributed by atoms with van der Waals surface area (Å²) >= 11 is 0. The van der Waals surface area contributed by atoms with E-state index in [1.54, 1.807) is 29.6 Å². The maximum Gasteiger partial charge on any atom is 0.225 e. The number of pyridine rings is 1. The Bertz CT molecular complexity index is 670. The lowest BCUT2D eigenvalue weighted by molar-refractivity contribution is -0.129. The Morgan fingerprint density at radius 1 is 1.48 bits per heavy atom. The molecule has 3 rings (SSSR count). The summed E-state index contributed by atoms with van der Waals surface area (Å²) in [5, 5.41) is 2.96. The number of carbonyl (C=O) groups excluding carboxylic acids is 2. The van der Waals surface area contributed by atoms with E-state index in [9.17, 15) is 9.59 Å². The highest BCUT2D eigenvalue weighted by molar-refractivity contribution is 5.89. The minimum absolute atomic E-state index is 0.0180. The van der Waals surface area contributed by atoms with E-state index in [2.05, 4.69) is 10.3 Å².